The minimum absolute atomic E-state index is 0.154. The number of benzene rings is 3. The van der Waals surface area contributed by atoms with Crippen molar-refractivity contribution in [2.75, 3.05) is 17.2 Å². The second-order valence-corrected chi connectivity index (χ2v) is 5.55. The second-order valence-electron chi connectivity index (χ2n) is 5.55. The van der Waals surface area contributed by atoms with Gasteiger partial charge in [0.1, 0.15) is 5.75 Å². The van der Waals surface area contributed by atoms with Crippen molar-refractivity contribution < 1.29 is 19.4 Å². The summed E-state index contributed by atoms with van der Waals surface area (Å²) in [7, 11) is 0. The molecule has 132 valence electrons. The highest BCUT2D eigenvalue weighted by molar-refractivity contribution is 6.07. The van der Waals surface area contributed by atoms with Gasteiger partial charge >= 0.3 is 12.0 Å². The van der Waals surface area contributed by atoms with E-state index in [4.69, 9.17) is 4.74 Å². The molecule has 0 radical (unpaired) electrons. The van der Waals surface area contributed by atoms with E-state index >= 15 is 0 Å². The third-order valence-electron chi connectivity index (χ3n) is 3.80. The van der Waals surface area contributed by atoms with Crippen LogP contribution < -0.4 is 10.6 Å². The third-order valence-corrected chi connectivity index (χ3v) is 3.80. The van der Waals surface area contributed by atoms with Gasteiger partial charge in [0.25, 0.3) is 0 Å². The molecule has 6 nitrogen and oxygen atoms in total. The van der Waals surface area contributed by atoms with Crippen molar-refractivity contribution in [1.82, 2.24) is 0 Å². The number of anilines is 2. The molecule has 3 aromatic carbocycles. The van der Waals surface area contributed by atoms with Gasteiger partial charge < -0.3 is 20.5 Å². The minimum atomic E-state index is -0.426. The summed E-state index contributed by atoms with van der Waals surface area (Å²) in [6.07, 6.45) is 0. The number of aromatic hydroxyl groups is 1. The van der Waals surface area contributed by atoms with Gasteiger partial charge in [-0.05, 0) is 43.3 Å². The average molecular weight is 350 g/mol. The maximum Gasteiger partial charge on any atom is 0.338 e. The molecule has 0 spiro atoms. The zero-order chi connectivity index (χ0) is 18.5. The van der Waals surface area contributed by atoms with Gasteiger partial charge in [-0.2, -0.15) is 0 Å². The van der Waals surface area contributed by atoms with E-state index < -0.39 is 12.0 Å². The van der Waals surface area contributed by atoms with Gasteiger partial charge in [-0.15, -0.1) is 0 Å². The molecule has 0 bridgehead atoms. The SMILES string of the molecule is CCOC(=O)c1ccc(NC(=O)Nc2cccc3c(O)cccc23)cc1. The number of amides is 2. The first kappa shape index (κ1) is 17.3. The predicted molar refractivity (Wildman–Crippen MR) is 101 cm³/mol. The van der Waals surface area contributed by atoms with Crippen LogP contribution in [-0.4, -0.2) is 23.7 Å². The number of phenols is 1. The molecule has 0 atom stereocenters. The minimum Gasteiger partial charge on any atom is -0.507 e. The van der Waals surface area contributed by atoms with Crippen molar-refractivity contribution in [2.45, 2.75) is 6.92 Å². The number of hydrogen-bond acceptors (Lipinski definition) is 4. The Kier molecular flexibility index (Phi) is 5.03. The van der Waals surface area contributed by atoms with E-state index in [1.807, 2.05) is 6.07 Å². The van der Waals surface area contributed by atoms with Crippen LogP contribution >= 0.6 is 0 Å². The number of carbonyl (C=O) groups is 2. The Bertz CT molecular complexity index is 952. The lowest BCUT2D eigenvalue weighted by Gasteiger charge is -2.11. The largest absolute Gasteiger partial charge is 0.507 e. The lowest BCUT2D eigenvalue weighted by Crippen LogP contribution is -2.19. The summed E-state index contributed by atoms with van der Waals surface area (Å²) in [6.45, 7) is 2.05. The Morgan fingerprint density at radius 3 is 2.35 bits per heavy atom. The van der Waals surface area contributed by atoms with E-state index in [0.29, 0.717) is 28.9 Å². The van der Waals surface area contributed by atoms with Crippen LogP contribution in [0.1, 0.15) is 17.3 Å². The van der Waals surface area contributed by atoms with Crippen LogP contribution in [0.2, 0.25) is 0 Å². The van der Waals surface area contributed by atoms with Gasteiger partial charge in [0.05, 0.1) is 17.9 Å². The molecule has 0 saturated carbocycles. The van der Waals surface area contributed by atoms with Crippen LogP contribution in [0.15, 0.2) is 60.7 Å². The number of phenolic OH excluding ortho intramolecular Hbond substituents is 1. The first-order valence-electron chi connectivity index (χ1n) is 8.14. The number of hydrogen-bond donors (Lipinski definition) is 3. The predicted octanol–water partition coefficient (Wildman–Crippen LogP) is 4.37. The van der Waals surface area contributed by atoms with Crippen LogP contribution in [0.25, 0.3) is 10.8 Å². The molecular formula is C20H18N2O4. The van der Waals surface area contributed by atoms with Gasteiger partial charge in [-0.1, -0.05) is 24.3 Å². The monoisotopic (exact) mass is 350 g/mol. The molecule has 26 heavy (non-hydrogen) atoms. The number of fused-ring (bicyclic) bond motifs is 1. The second kappa shape index (κ2) is 7.57. The van der Waals surface area contributed by atoms with E-state index in [1.54, 1.807) is 61.5 Å². The lowest BCUT2D eigenvalue weighted by atomic mass is 10.1. The Labute approximate surface area is 150 Å². The third kappa shape index (κ3) is 3.75. The van der Waals surface area contributed by atoms with Crippen LogP contribution in [0.4, 0.5) is 16.2 Å². The maximum atomic E-state index is 12.3. The number of rotatable bonds is 4. The standard InChI is InChI=1S/C20H18N2O4/c1-2-26-19(24)13-9-11-14(12-10-13)21-20(25)22-17-7-3-6-16-15(17)5-4-8-18(16)23/h3-12,23H,2H2,1H3,(H2,21,22,25). The van der Waals surface area contributed by atoms with Crippen LogP contribution in [0.5, 0.6) is 5.75 Å². The number of esters is 1. The highest BCUT2D eigenvalue weighted by Gasteiger charge is 2.09. The molecule has 0 saturated heterocycles. The zero-order valence-corrected chi connectivity index (χ0v) is 14.2. The highest BCUT2D eigenvalue weighted by atomic mass is 16.5. The molecule has 3 N–H and O–H groups in total. The summed E-state index contributed by atoms with van der Waals surface area (Å²) in [5.74, 6) is -0.250. The topological polar surface area (TPSA) is 87.7 Å². The fourth-order valence-corrected chi connectivity index (χ4v) is 2.59. The van der Waals surface area contributed by atoms with Crippen molar-refractivity contribution in [2.24, 2.45) is 0 Å². The molecule has 3 aromatic rings. The van der Waals surface area contributed by atoms with Gasteiger partial charge in [-0.3, -0.25) is 0 Å². The van der Waals surface area contributed by atoms with Crippen molar-refractivity contribution in [1.29, 1.82) is 0 Å². The van der Waals surface area contributed by atoms with Crippen LogP contribution in [0.3, 0.4) is 0 Å². The molecule has 0 heterocycles. The maximum absolute atomic E-state index is 12.3. The van der Waals surface area contributed by atoms with Crippen molar-refractivity contribution >= 4 is 34.1 Å². The zero-order valence-electron chi connectivity index (χ0n) is 14.2. The van der Waals surface area contributed by atoms with Crippen molar-refractivity contribution in [3.63, 3.8) is 0 Å². The molecular weight excluding hydrogens is 332 g/mol. The summed E-state index contributed by atoms with van der Waals surface area (Å²) in [6, 6.07) is 16.4. The molecule has 0 aliphatic heterocycles. The van der Waals surface area contributed by atoms with Gasteiger partial charge in [0.2, 0.25) is 0 Å². The first-order valence-corrected chi connectivity index (χ1v) is 8.14. The molecule has 2 amide bonds. The summed E-state index contributed by atoms with van der Waals surface area (Å²) in [4.78, 5) is 23.9. The molecule has 3 rings (SSSR count). The summed E-state index contributed by atoms with van der Waals surface area (Å²) in [5.41, 5.74) is 1.54. The highest BCUT2D eigenvalue weighted by Crippen LogP contribution is 2.29. The van der Waals surface area contributed by atoms with E-state index in [-0.39, 0.29) is 5.75 Å². The summed E-state index contributed by atoms with van der Waals surface area (Å²) >= 11 is 0. The van der Waals surface area contributed by atoms with Crippen LogP contribution in [0, 0.1) is 0 Å². The Hall–Kier alpha value is -3.54. The molecule has 6 heteroatoms. The van der Waals surface area contributed by atoms with E-state index in [1.165, 1.54) is 0 Å². The molecule has 0 unspecified atom stereocenters. The Balaban J connectivity index is 1.72. The number of carbonyl (C=O) groups excluding carboxylic acids is 2. The Morgan fingerprint density at radius 1 is 0.923 bits per heavy atom. The van der Waals surface area contributed by atoms with Gasteiger partial charge in [0, 0.05) is 16.5 Å². The van der Waals surface area contributed by atoms with Crippen LogP contribution in [-0.2, 0) is 4.74 Å². The first-order chi connectivity index (χ1) is 12.6. The Morgan fingerprint density at radius 2 is 1.62 bits per heavy atom. The molecule has 0 aromatic heterocycles. The molecule has 0 aliphatic rings. The number of nitrogens with one attached hydrogen (secondary N) is 2. The quantitative estimate of drug-likeness (QED) is 0.610. The average Bonchev–Trinajstić information content (AvgIpc) is 2.63. The smallest absolute Gasteiger partial charge is 0.338 e. The van der Waals surface area contributed by atoms with Gasteiger partial charge in [0.15, 0.2) is 0 Å². The lowest BCUT2D eigenvalue weighted by molar-refractivity contribution is 0.0526. The number of urea groups is 1. The summed E-state index contributed by atoms with van der Waals surface area (Å²) < 4.78 is 4.92. The fraction of sp³-hybridized carbons (Fsp3) is 0.100. The fourth-order valence-electron chi connectivity index (χ4n) is 2.59. The van der Waals surface area contributed by atoms with E-state index in [0.717, 1.165) is 5.39 Å². The van der Waals surface area contributed by atoms with E-state index in [9.17, 15) is 14.7 Å². The normalized spacial score (nSPS) is 10.3. The van der Waals surface area contributed by atoms with Gasteiger partial charge in [-0.25, -0.2) is 9.59 Å². The van der Waals surface area contributed by atoms with Crippen molar-refractivity contribution in [3.8, 4) is 5.75 Å². The van der Waals surface area contributed by atoms with Crippen molar-refractivity contribution in [3.05, 3.63) is 66.2 Å². The molecule has 0 fully saturated rings. The summed E-state index contributed by atoms with van der Waals surface area (Å²) in [5, 5.41) is 16.8. The van der Waals surface area contributed by atoms with E-state index in [2.05, 4.69) is 10.6 Å². The molecule has 0 aliphatic carbocycles. The number of ether oxygens (including phenoxy) is 1.